The Hall–Kier alpha value is -1.92. The molecule has 0 heterocycles. The largest absolute Gasteiger partial charge is 0.465 e. The van der Waals surface area contributed by atoms with Gasteiger partial charge in [0.05, 0.1) is 25.0 Å². The van der Waals surface area contributed by atoms with Crippen LogP contribution in [0.25, 0.3) is 0 Å². The van der Waals surface area contributed by atoms with Crippen molar-refractivity contribution in [3.8, 4) is 0 Å². The van der Waals surface area contributed by atoms with E-state index in [0.717, 1.165) is 0 Å². The number of ether oxygens (including phenoxy) is 2. The Morgan fingerprint density at radius 3 is 2.61 bits per heavy atom. The van der Waals surface area contributed by atoms with E-state index >= 15 is 0 Å². The Morgan fingerprint density at radius 2 is 2.00 bits per heavy atom. The third-order valence-corrected chi connectivity index (χ3v) is 2.27. The van der Waals surface area contributed by atoms with Crippen molar-refractivity contribution in [3.05, 3.63) is 29.8 Å². The minimum Gasteiger partial charge on any atom is -0.465 e. The average molecular weight is 252 g/mol. The Labute approximate surface area is 105 Å². The van der Waals surface area contributed by atoms with Crippen LogP contribution in [0, 0.1) is 0 Å². The first kappa shape index (κ1) is 14.1. The number of hydrogen-bond acceptors (Lipinski definition) is 5. The van der Waals surface area contributed by atoms with Gasteiger partial charge in [0.15, 0.2) is 0 Å². The molecule has 1 rings (SSSR count). The van der Waals surface area contributed by atoms with Crippen molar-refractivity contribution < 1.29 is 19.1 Å². The first-order chi connectivity index (χ1) is 8.60. The number of nitrogens with two attached hydrogens (primary N) is 1. The highest BCUT2D eigenvalue weighted by molar-refractivity contribution is 6.02. The van der Waals surface area contributed by atoms with Gasteiger partial charge in [0, 0.05) is 7.11 Å². The quantitative estimate of drug-likeness (QED) is 0.739. The van der Waals surface area contributed by atoms with E-state index in [1.165, 1.54) is 14.2 Å². The molecule has 0 spiro atoms. The Kier molecular flexibility index (Phi) is 5.29. The molecule has 1 amide bonds. The minimum absolute atomic E-state index is 0.103. The molecule has 0 aliphatic rings. The van der Waals surface area contributed by atoms with Crippen LogP contribution in [0.15, 0.2) is 24.3 Å². The van der Waals surface area contributed by atoms with Gasteiger partial charge in [0.2, 0.25) is 5.91 Å². The van der Waals surface area contributed by atoms with Gasteiger partial charge in [-0.1, -0.05) is 12.1 Å². The van der Waals surface area contributed by atoms with Crippen molar-refractivity contribution in [2.45, 2.75) is 6.04 Å². The Bertz CT molecular complexity index is 434. The van der Waals surface area contributed by atoms with Gasteiger partial charge in [0.25, 0.3) is 0 Å². The molecule has 0 bridgehead atoms. The molecule has 18 heavy (non-hydrogen) atoms. The Morgan fingerprint density at radius 1 is 1.33 bits per heavy atom. The fourth-order valence-electron chi connectivity index (χ4n) is 1.36. The number of carbonyl (C=O) groups is 2. The van der Waals surface area contributed by atoms with E-state index in [9.17, 15) is 9.59 Å². The molecule has 0 aliphatic heterocycles. The van der Waals surface area contributed by atoms with E-state index in [-0.39, 0.29) is 12.2 Å². The molecular formula is C12H16N2O4. The molecule has 1 unspecified atom stereocenters. The van der Waals surface area contributed by atoms with Crippen molar-refractivity contribution in [2.24, 2.45) is 5.73 Å². The molecule has 0 radical (unpaired) electrons. The number of amides is 1. The number of esters is 1. The number of hydrogen-bond donors (Lipinski definition) is 2. The SMILES string of the molecule is COCC(N)C(=O)Nc1ccccc1C(=O)OC. The summed E-state index contributed by atoms with van der Waals surface area (Å²) in [5.74, 6) is -0.945. The highest BCUT2D eigenvalue weighted by atomic mass is 16.5. The topological polar surface area (TPSA) is 90.6 Å². The maximum atomic E-state index is 11.7. The lowest BCUT2D eigenvalue weighted by Crippen LogP contribution is -2.39. The highest BCUT2D eigenvalue weighted by Crippen LogP contribution is 2.16. The van der Waals surface area contributed by atoms with Crippen molar-refractivity contribution in [1.29, 1.82) is 0 Å². The molecule has 6 nitrogen and oxygen atoms in total. The lowest BCUT2D eigenvalue weighted by molar-refractivity contribution is -0.118. The lowest BCUT2D eigenvalue weighted by Gasteiger charge is -2.13. The molecule has 0 saturated heterocycles. The number of benzene rings is 1. The third-order valence-electron chi connectivity index (χ3n) is 2.27. The number of carbonyl (C=O) groups excluding carboxylic acids is 2. The van der Waals surface area contributed by atoms with Crippen molar-refractivity contribution in [2.75, 3.05) is 26.1 Å². The van der Waals surface area contributed by atoms with Crippen LogP contribution in [-0.2, 0) is 14.3 Å². The first-order valence-corrected chi connectivity index (χ1v) is 5.33. The summed E-state index contributed by atoms with van der Waals surface area (Å²) in [5.41, 5.74) is 6.22. The number of anilines is 1. The van der Waals surface area contributed by atoms with Gasteiger partial charge in [-0.15, -0.1) is 0 Å². The zero-order chi connectivity index (χ0) is 13.5. The molecule has 6 heteroatoms. The van der Waals surface area contributed by atoms with E-state index in [0.29, 0.717) is 5.69 Å². The predicted molar refractivity (Wildman–Crippen MR) is 66.3 cm³/mol. The van der Waals surface area contributed by atoms with E-state index in [4.69, 9.17) is 10.5 Å². The van der Waals surface area contributed by atoms with E-state index in [1.54, 1.807) is 24.3 Å². The van der Waals surface area contributed by atoms with Crippen LogP contribution in [0.2, 0.25) is 0 Å². The normalized spacial score (nSPS) is 11.7. The summed E-state index contributed by atoms with van der Waals surface area (Å²) in [6.45, 7) is 0.103. The fourth-order valence-corrected chi connectivity index (χ4v) is 1.36. The second-order valence-electron chi connectivity index (χ2n) is 3.59. The summed E-state index contributed by atoms with van der Waals surface area (Å²) in [7, 11) is 2.73. The molecule has 1 aromatic carbocycles. The van der Waals surface area contributed by atoms with Crippen molar-refractivity contribution in [1.82, 2.24) is 0 Å². The number of methoxy groups -OCH3 is 2. The van der Waals surface area contributed by atoms with Crippen LogP contribution in [0.4, 0.5) is 5.69 Å². The van der Waals surface area contributed by atoms with Gasteiger partial charge in [-0.2, -0.15) is 0 Å². The van der Waals surface area contributed by atoms with Crippen LogP contribution in [0.3, 0.4) is 0 Å². The summed E-state index contributed by atoms with van der Waals surface area (Å²) in [6, 6.07) is 5.74. The smallest absolute Gasteiger partial charge is 0.339 e. The zero-order valence-corrected chi connectivity index (χ0v) is 10.3. The van der Waals surface area contributed by atoms with Gasteiger partial charge in [-0.3, -0.25) is 4.79 Å². The van der Waals surface area contributed by atoms with Gasteiger partial charge < -0.3 is 20.5 Å². The van der Waals surface area contributed by atoms with E-state index < -0.39 is 17.9 Å². The van der Waals surface area contributed by atoms with E-state index in [2.05, 4.69) is 10.1 Å². The summed E-state index contributed by atoms with van der Waals surface area (Å²) in [4.78, 5) is 23.2. The number of nitrogens with one attached hydrogen (secondary N) is 1. The van der Waals surface area contributed by atoms with E-state index in [1.807, 2.05) is 0 Å². The molecule has 0 saturated carbocycles. The second-order valence-corrected chi connectivity index (χ2v) is 3.59. The van der Waals surface area contributed by atoms with Gasteiger partial charge in [-0.05, 0) is 12.1 Å². The van der Waals surface area contributed by atoms with Crippen molar-refractivity contribution >= 4 is 17.6 Å². The molecule has 3 N–H and O–H groups in total. The molecular weight excluding hydrogens is 236 g/mol. The minimum atomic E-state index is -0.791. The fraction of sp³-hybridized carbons (Fsp3) is 0.333. The maximum absolute atomic E-state index is 11.7. The second kappa shape index (κ2) is 6.73. The molecule has 1 aromatic rings. The molecule has 98 valence electrons. The van der Waals surface area contributed by atoms with Crippen LogP contribution in [-0.4, -0.2) is 38.7 Å². The summed E-state index contributed by atoms with van der Waals surface area (Å²) in [6.07, 6.45) is 0. The number of para-hydroxylation sites is 1. The van der Waals surface area contributed by atoms with Crippen LogP contribution in [0.1, 0.15) is 10.4 Å². The van der Waals surface area contributed by atoms with Crippen LogP contribution in [0.5, 0.6) is 0 Å². The maximum Gasteiger partial charge on any atom is 0.339 e. The standard InChI is InChI=1S/C12H16N2O4/c1-17-7-9(13)11(15)14-10-6-4-3-5-8(10)12(16)18-2/h3-6,9H,7,13H2,1-2H3,(H,14,15). The summed E-state index contributed by atoms with van der Waals surface area (Å²) >= 11 is 0. The average Bonchev–Trinajstić information content (AvgIpc) is 2.38. The molecule has 1 atom stereocenters. The zero-order valence-electron chi connectivity index (χ0n) is 10.3. The van der Waals surface area contributed by atoms with Gasteiger partial charge in [-0.25, -0.2) is 4.79 Å². The highest BCUT2D eigenvalue weighted by Gasteiger charge is 2.17. The Balaban J connectivity index is 2.84. The van der Waals surface area contributed by atoms with Gasteiger partial charge >= 0.3 is 5.97 Å². The summed E-state index contributed by atoms with van der Waals surface area (Å²) in [5, 5.41) is 2.57. The van der Waals surface area contributed by atoms with Crippen molar-refractivity contribution in [3.63, 3.8) is 0 Å². The van der Waals surface area contributed by atoms with Crippen LogP contribution >= 0.6 is 0 Å². The predicted octanol–water partition coefficient (Wildman–Crippen LogP) is 0.385. The molecule has 0 fully saturated rings. The van der Waals surface area contributed by atoms with Crippen LogP contribution < -0.4 is 11.1 Å². The van der Waals surface area contributed by atoms with Gasteiger partial charge in [0.1, 0.15) is 6.04 Å². The first-order valence-electron chi connectivity index (χ1n) is 5.33. The number of rotatable bonds is 5. The summed E-state index contributed by atoms with van der Waals surface area (Å²) < 4.78 is 9.40. The third kappa shape index (κ3) is 3.54. The lowest BCUT2D eigenvalue weighted by atomic mass is 10.1. The molecule has 0 aliphatic carbocycles. The monoisotopic (exact) mass is 252 g/mol. The molecule has 0 aromatic heterocycles.